The van der Waals surface area contributed by atoms with Crippen LogP contribution in [0, 0.1) is 0 Å². The first kappa shape index (κ1) is 15.2. The second kappa shape index (κ2) is 9.15. The van der Waals surface area contributed by atoms with E-state index in [4.69, 9.17) is 0 Å². The molecule has 0 unspecified atom stereocenters. The number of amides is 1. The third-order valence-corrected chi connectivity index (χ3v) is 4.00. The molecule has 0 saturated carbocycles. The van der Waals surface area contributed by atoms with Crippen LogP contribution in [0.1, 0.15) is 56.7 Å². The number of carbonyl (C=O) groups is 1. The summed E-state index contributed by atoms with van der Waals surface area (Å²) < 4.78 is 0. The molecule has 3 heteroatoms. The van der Waals surface area contributed by atoms with Gasteiger partial charge in [0.1, 0.15) is 0 Å². The fourth-order valence-electron chi connectivity index (χ4n) is 1.97. The average Bonchev–Trinajstić information content (AvgIpc) is 2.86. The molecule has 0 saturated heterocycles. The van der Waals surface area contributed by atoms with Gasteiger partial charge in [0.25, 0.3) is 0 Å². The van der Waals surface area contributed by atoms with E-state index in [-0.39, 0.29) is 5.91 Å². The van der Waals surface area contributed by atoms with Crippen LogP contribution in [0.2, 0.25) is 0 Å². The van der Waals surface area contributed by atoms with Gasteiger partial charge in [-0.25, -0.2) is 0 Å². The Bertz CT molecular complexity index is 321. The molecule has 1 aromatic rings. The van der Waals surface area contributed by atoms with E-state index in [1.807, 2.05) is 18.0 Å². The zero-order chi connectivity index (χ0) is 13.2. The van der Waals surface area contributed by atoms with Gasteiger partial charge in [0.15, 0.2) is 0 Å². The molecule has 18 heavy (non-hydrogen) atoms. The van der Waals surface area contributed by atoms with Crippen LogP contribution in [0.3, 0.4) is 0 Å². The van der Waals surface area contributed by atoms with Gasteiger partial charge in [-0.2, -0.15) is 0 Å². The molecule has 1 rings (SSSR count). The minimum absolute atomic E-state index is 0.277. The second-order valence-electron chi connectivity index (χ2n) is 4.85. The number of hydrogen-bond acceptors (Lipinski definition) is 2. The lowest BCUT2D eigenvalue weighted by molar-refractivity contribution is -0.130. The molecular formula is C15H25NOS. The van der Waals surface area contributed by atoms with E-state index in [0.717, 1.165) is 13.0 Å². The van der Waals surface area contributed by atoms with Gasteiger partial charge >= 0.3 is 0 Å². The third-order valence-electron chi connectivity index (χ3n) is 3.14. The summed E-state index contributed by atoms with van der Waals surface area (Å²) in [4.78, 5) is 15.0. The van der Waals surface area contributed by atoms with Gasteiger partial charge in [0, 0.05) is 18.3 Å². The maximum atomic E-state index is 11.9. The van der Waals surface area contributed by atoms with Crippen molar-refractivity contribution >= 4 is 17.2 Å². The summed E-state index contributed by atoms with van der Waals surface area (Å²) in [6, 6.07) is 4.12. The Kier molecular flexibility index (Phi) is 7.74. The highest BCUT2D eigenvalue weighted by atomic mass is 32.1. The van der Waals surface area contributed by atoms with Crippen molar-refractivity contribution in [1.82, 2.24) is 4.90 Å². The van der Waals surface area contributed by atoms with Gasteiger partial charge < -0.3 is 4.90 Å². The van der Waals surface area contributed by atoms with Gasteiger partial charge in [-0.3, -0.25) is 4.79 Å². The second-order valence-corrected chi connectivity index (χ2v) is 5.88. The van der Waals surface area contributed by atoms with Gasteiger partial charge in [-0.05, 0) is 17.9 Å². The molecule has 0 bridgehead atoms. The Morgan fingerprint density at radius 2 is 1.94 bits per heavy atom. The SMILES string of the molecule is CCCCCCCCC(=O)N(C)Cc1cccs1. The van der Waals surface area contributed by atoms with Crippen LogP contribution in [0.4, 0.5) is 0 Å². The smallest absolute Gasteiger partial charge is 0.222 e. The normalized spacial score (nSPS) is 10.6. The van der Waals surface area contributed by atoms with E-state index in [2.05, 4.69) is 18.4 Å². The van der Waals surface area contributed by atoms with Crippen LogP contribution in [0.25, 0.3) is 0 Å². The minimum atomic E-state index is 0.277. The zero-order valence-electron chi connectivity index (χ0n) is 11.7. The highest BCUT2D eigenvalue weighted by Gasteiger charge is 2.08. The predicted molar refractivity (Wildman–Crippen MR) is 78.8 cm³/mol. The largest absolute Gasteiger partial charge is 0.341 e. The van der Waals surface area contributed by atoms with Crippen molar-refractivity contribution in [2.24, 2.45) is 0 Å². The van der Waals surface area contributed by atoms with Gasteiger partial charge in [0.05, 0.1) is 6.54 Å². The van der Waals surface area contributed by atoms with Gasteiger partial charge in [-0.15, -0.1) is 11.3 Å². The monoisotopic (exact) mass is 267 g/mol. The van der Waals surface area contributed by atoms with Crippen molar-refractivity contribution in [3.05, 3.63) is 22.4 Å². The Labute approximate surface area is 115 Å². The first-order chi connectivity index (χ1) is 8.74. The summed E-state index contributed by atoms with van der Waals surface area (Å²) in [7, 11) is 1.90. The molecule has 102 valence electrons. The predicted octanol–water partition coefficient (Wildman–Crippen LogP) is 4.46. The summed E-state index contributed by atoms with van der Waals surface area (Å²) in [5.74, 6) is 0.277. The van der Waals surface area contributed by atoms with E-state index >= 15 is 0 Å². The molecule has 1 aromatic heterocycles. The van der Waals surface area contributed by atoms with E-state index in [1.54, 1.807) is 11.3 Å². The van der Waals surface area contributed by atoms with Crippen LogP contribution in [0.5, 0.6) is 0 Å². The lowest BCUT2D eigenvalue weighted by Crippen LogP contribution is -2.25. The molecule has 0 aliphatic rings. The van der Waals surface area contributed by atoms with Crippen molar-refractivity contribution in [2.75, 3.05) is 7.05 Å². The molecule has 0 spiro atoms. The number of carbonyl (C=O) groups excluding carboxylic acids is 1. The van der Waals surface area contributed by atoms with E-state index in [0.29, 0.717) is 6.42 Å². The van der Waals surface area contributed by atoms with E-state index in [1.165, 1.54) is 37.0 Å². The van der Waals surface area contributed by atoms with Crippen LogP contribution in [-0.4, -0.2) is 17.9 Å². The highest BCUT2D eigenvalue weighted by molar-refractivity contribution is 7.09. The molecule has 0 atom stereocenters. The number of rotatable bonds is 9. The zero-order valence-corrected chi connectivity index (χ0v) is 12.5. The maximum absolute atomic E-state index is 11.9. The molecule has 1 amide bonds. The minimum Gasteiger partial charge on any atom is -0.341 e. The van der Waals surface area contributed by atoms with Crippen molar-refractivity contribution < 1.29 is 4.79 Å². The molecular weight excluding hydrogens is 242 g/mol. The average molecular weight is 267 g/mol. The third kappa shape index (κ3) is 6.20. The van der Waals surface area contributed by atoms with Crippen molar-refractivity contribution in [3.63, 3.8) is 0 Å². The van der Waals surface area contributed by atoms with Crippen LogP contribution >= 0.6 is 11.3 Å². The van der Waals surface area contributed by atoms with Crippen LogP contribution < -0.4 is 0 Å². The Morgan fingerprint density at radius 3 is 2.61 bits per heavy atom. The summed E-state index contributed by atoms with van der Waals surface area (Å²) in [5.41, 5.74) is 0. The molecule has 0 radical (unpaired) electrons. The van der Waals surface area contributed by atoms with Crippen LogP contribution in [-0.2, 0) is 11.3 Å². The number of thiophene rings is 1. The Balaban J connectivity index is 2.08. The number of unbranched alkanes of at least 4 members (excludes halogenated alkanes) is 5. The van der Waals surface area contributed by atoms with Crippen molar-refractivity contribution in [3.8, 4) is 0 Å². The van der Waals surface area contributed by atoms with Gasteiger partial charge in [0.2, 0.25) is 5.91 Å². The van der Waals surface area contributed by atoms with Crippen molar-refractivity contribution in [2.45, 2.75) is 58.4 Å². The lowest BCUT2D eigenvalue weighted by Gasteiger charge is -2.16. The lowest BCUT2D eigenvalue weighted by atomic mass is 10.1. The number of hydrogen-bond donors (Lipinski definition) is 0. The number of nitrogens with zero attached hydrogens (tertiary/aromatic N) is 1. The topological polar surface area (TPSA) is 20.3 Å². The first-order valence-electron chi connectivity index (χ1n) is 7.00. The molecule has 2 nitrogen and oxygen atoms in total. The standard InChI is InChI=1S/C15H25NOS/c1-3-4-5-6-7-8-11-15(17)16(2)13-14-10-9-12-18-14/h9-10,12H,3-8,11,13H2,1-2H3. The maximum Gasteiger partial charge on any atom is 0.222 e. The Morgan fingerprint density at radius 1 is 1.22 bits per heavy atom. The molecule has 0 N–H and O–H groups in total. The fraction of sp³-hybridized carbons (Fsp3) is 0.667. The van der Waals surface area contributed by atoms with E-state index < -0.39 is 0 Å². The Hall–Kier alpha value is -0.830. The summed E-state index contributed by atoms with van der Waals surface area (Å²) in [6.45, 7) is 2.98. The summed E-state index contributed by atoms with van der Waals surface area (Å²) in [5, 5.41) is 2.06. The highest BCUT2D eigenvalue weighted by Crippen LogP contribution is 2.13. The molecule has 0 aliphatic heterocycles. The summed E-state index contributed by atoms with van der Waals surface area (Å²) >= 11 is 1.71. The molecule has 1 heterocycles. The van der Waals surface area contributed by atoms with Crippen LogP contribution in [0.15, 0.2) is 17.5 Å². The molecule has 0 fully saturated rings. The quantitative estimate of drug-likeness (QED) is 0.605. The van der Waals surface area contributed by atoms with E-state index in [9.17, 15) is 4.79 Å². The fourth-order valence-corrected chi connectivity index (χ4v) is 2.73. The molecule has 0 aliphatic carbocycles. The van der Waals surface area contributed by atoms with Gasteiger partial charge in [-0.1, -0.05) is 45.1 Å². The molecule has 0 aromatic carbocycles. The summed E-state index contributed by atoms with van der Waals surface area (Å²) in [6.07, 6.45) is 8.13. The van der Waals surface area contributed by atoms with Crippen molar-refractivity contribution in [1.29, 1.82) is 0 Å². The first-order valence-corrected chi connectivity index (χ1v) is 7.88.